The van der Waals surface area contributed by atoms with Crippen LogP contribution in [0.15, 0.2) is 48.5 Å². The van der Waals surface area contributed by atoms with E-state index in [9.17, 15) is 5.26 Å². The number of nitrogens with zero attached hydrogens (tertiary/aromatic N) is 3. The molecule has 1 aliphatic heterocycles. The van der Waals surface area contributed by atoms with E-state index in [4.69, 9.17) is 4.98 Å². The van der Waals surface area contributed by atoms with Gasteiger partial charge in [0.2, 0.25) is 0 Å². The lowest BCUT2D eigenvalue weighted by Crippen LogP contribution is -2.23. The molecular formula is C19H17N3S. The molecule has 2 heterocycles. The van der Waals surface area contributed by atoms with Crippen molar-refractivity contribution in [2.45, 2.75) is 25.4 Å². The minimum Gasteiger partial charge on any atom is -0.290 e. The lowest BCUT2D eigenvalue weighted by Gasteiger charge is -2.23. The van der Waals surface area contributed by atoms with E-state index in [1.165, 1.54) is 16.1 Å². The number of fused-ring (bicyclic) bond motifs is 1. The van der Waals surface area contributed by atoms with Crippen LogP contribution in [-0.2, 0) is 6.54 Å². The zero-order valence-corrected chi connectivity index (χ0v) is 13.6. The SMILES string of the molecule is N#Cc1ccccc1CN1CCC[C@@H]1c1nc2ccccc2s1. The molecule has 0 unspecified atom stereocenters. The van der Waals surface area contributed by atoms with Gasteiger partial charge in [-0.1, -0.05) is 30.3 Å². The van der Waals surface area contributed by atoms with Gasteiger partial charge in [-0.3, -0.25) is 4.90 Å². The van der Waals surface area contributed by atoms with Crippen LogP contribution in [0.2, 0.25) is 0 Å². The van der Waals surface area contributed by atoms with Crippen LogP contribution in [-0.4, -0.2) is 16.4 Å². The monoisotopic (exact) mass is 319 g/mol. The van der Waals surface area contributed by atoms with Crippen LogP contribution in [0.1, 0.15) is 35.0 Å². The van der Waals surface area contributed by atoms with Crippen molar-refractivity contribution < 1.29 is 0 Å². The zero-order chi connectivity index (χ0) is 15.6. The smallest absolute Gasteiger partial charge is 0.111 e. The Morgan fingerprint density at radius 1 is 1.17 bits per heavy atom. The number of hydrogen-bond donors (Lipinski definition) is 0. The maximum Gasteiger partial charge on any atom is 0.111 e. The van der Waals surface area contributed by atoms with Gasteiger partial charge >= 0.3 is 0 Å². The third kappa shape index (κ3) is 2.74. The molecule has 0 amide bonds. The number of benzene rings is 2. The molecule has 114 valence electrons. The van der Waals surface area contributed by atoms with Crippen molar-refractivity contribution in [2.75, 3.05) is 6.54 Å². The van der Waals surface area contributed by atoms with Gasteiger partial charge in [0.15, 0.2) is 0 Å². The van der Waals surface area contributed by atoms with Crippen LogP contribution in [0, 0.1) is 11.3 Å². The van der Waals surface area contributed by atoms with Crippen LogP contribution in [0.25, 0.3) is 10.2 Å². The first-order valence-corrected chi connectivity index (χ1v) is 8.74. The van der Waals surface area contributed by atoms with Crippen molar-refractivity contribution >= 4 is 21.6 Å². The van der Waals surface area contributed by atoms with Crippen LogP contribution in [0.4, 0.5) is 0 Å². The predicted octanol–water partition coefficient (Wildman–Crippen LogP) is 4.51. The fourth-order valence-corrected chi connectivity index (χ4v) is 4.45. The minimum atomic E-state index is 0.374. The molecule has 4 rings (SSSR count). The Bertz CT molecular complexity index is 844. The Labute approximate surface area is 139 Å². The Morgan fingerprint density at radius 3 is 2.87 bits per heavy atom. The number of thiazole rings is 1. The van der Waals surface area contributed by atoms with E-state index in [-0.39, 0.29) is 0 Å². The van der Waals surface area contributed by atoms with Gasteiger partial charge < -0.3 is 0 Å². The normalized spacial score (nSPS) is 18.3. The summed E-state index contributed by atoms with van der Waals surface area (Å²) < 4.78 is 1.26. The Kier molecular flexibility index (Phi) is 3.82. The topological polar surface area (TPSA) is 39.9 Å². The first kappa shape index (κ1) is 14.4. The molecule has 0 N–H and O–H groups in total. The summed E-state index contributed by atoms with van der Waals surface area (Å²) in [5.74, 6) is 0. The van der Waals surface area contributed by atoms with E-state index in [0.29, 0.717) is 6.04 Å². The van der Waals surface area contributed by atoms with Crippen molar-refractivity contribution in [3.05, 3.63) is 64.7 Å². The number of para-hydroxylation sites is 1. The summed E-state index contributed by atoms with van der Waals surface area (Å²) >= 11 is 1.80. The van der Waals surface area contributed by atoms with Crippen molar-refractivity contribution in [3.63, 3.8) is 0 Å². The highest BCUT2D eigenvalue weighted by atomic mass is 32.1. The number of rotatable bonds is 3. The quantitative estimate of drug-likeness (QED) is 0.713. The summed E-state index contributed by atoms with van der Waals surface area (Å²) in [7, 11) is 0. The number of hydrogen-bond acceptors (Lipinski definition) is 4. The average molecular weight is 319 g/mol. The molecule has 1 atom stereocenters. The van der Waals surface area contributed by atoms with Crippen molar-refractivity contribution in [2.24, 2.45) is 0 Å². The van der Waals surface area contributed by atoms with Gasteiger partial charge in [-0.05, 0) is 43.1 Å². The Hall–Kier alpha value is -2.22. The highest BCUT2D eigenvalue weighted by Crippen LogP contribution is 2.37. The lowest BCUT2D eigenvalue weighted by molar-refractivity contribution is 0.248. The van der Waals surface area contributed by atoms with Gasteiger partial charge in [0, 0.05) is 6.54 Å². The van der Waals surface area contributed by atoms with Gasteiger partial charge in [-0.2, -0.15) is 5.26 Å². The van der Waals surface area contributed by atoms with Crippen LogP contribution >= 0.6 is 11.3 Å². The Balaban J connectivity index is 1.63. The molecule has 1 fully saturated rings. The lowest BCUT2D eigenvalue weighted by atomic mass is 10.1. The molecule has 4 heteroatoms. The van der Waals surface area contributed by atoms with E-state index in [2.05, 4.69) is 35.2 Å². The van der Waals surface area contributed by atoms with Crippen LogP contribution in [0.3, 0.4) is 0 Å². The second-order valence-corrected chi connectivity index (χ2v) is 6.98. The molecule has 1 aliphatic rings. The van der Waals surface area contributed by atoms with Gasteiger partial charge in [0.1, 0.15) is 5.01 Å². The van der Waals surface area contributed by atoms with E-state index in [1.54, 1.807) is 11.3 Å². The van der Waals surface area contributed by atoms with Crippen LogP contribution < -0.4 is 0 Å². The predicted molar refractivity (Wildman–Crippen MR) is 93.2 cm³/mol. The fourth-order valence-electron chi connectivity index (χ4n) is 3.31. The van der Waals surface area contributed by atoms with E-state index in [1.807, 2.05) is 24.3 Å². The van der Waals surface area contributed by atoms with Gasteiger partial charge in [0.05, 0.1) is 27.9 Å². The summed E-state index contributed by atoms with van der Waals surface area (Å²) in [6.07, 6.45) is 2.34. The molecule has 0 bridgehead atoms. The third-order valence-corrected chi connectivity index (χ3v) is 5.61. The van der Waals surface area contributed by atoms with Crippen molar-refractivity contribution in [3.8, 4) is 6.07 Å². The highest BCUT2D eigenvalue weighted by Gasteiger charge is 2.29. The molecule has 3 aromatic rings. The summed E-state index contributed by atoms with van der Waals surface area (Å²) in [5, 5.41) is 10.5. The van der Waals surface area contributed by atoms with Gasteiger partial charge in [-0.25, -0.2) is 4.98 Å². The van der Waals surface area contributed by atoms with E-state index >= 15 is 0 Å². The average Bonchev–Trinajstić information content (AvgIpc) is 3.21. The molecule has 1 saturated heterocycles. The second kappa shape index (κ2) is 6.11. The van der Waals surface area contributed by atoms with Crippen molar-refractivity contribution in [1.29, 1.82) is 5.26 Å². The highest BCUT2D eigenvalue weighted by molar-refractivity contribution is 7.18. The molecule has 1 aromatic heterocycles. The number of aromatic nitrogens is 1. The van der Waals surface area contributed by atoms with Gasteiger partial charge in [0.25, 0.3) is 0 Å². The van der Waals surface area contributed by atoms with Crippen LogP contribution in [0.5, 0.6) is 0 Å². The van der Waals surface area contributed by atoms with Crippen molar-refractivity contribution in [1.82, 2.24) is 9.88 Å². The largest absolute Gasteiger partial charge is 0.290 e. The molecule has 3 nitrogen and oxygen atoms in total. The molecule has 0 aliphatic carbocycles. The first-order chi connectivity index (χ1) is 11.3. The summed E-state index contributed by atoms with van der Waals surface area (Å²) in [6, 6.07) is 18.9. The zero-order valence-electron chi connectivity index (χ0n) is 12.8. The van der Waals surface area contributed by atoms with E-state index < -0.39 is 0 Å². The fraction of sp³-hybridized carbons (Fsp3) is 0.263. The number of likely N-dealkylation sites (tertiary alicyclic amines) is 1. The van der Waals surface area contributed by atoms with Gasteiger partial charge in [-0.15, -0.1) is 11.3 Å². The first-order valence-electron chi connectivity index (χ1n) is 7.92. The summed E-state index contributed by atoms with van der Waals surface area (Å²) in [6.45, 7) is 1.89. The maximum atomic E-state index is 9.29. The Morgan fingerprint density at radius 2 is 2.00 bits per heavy atom. The number of nitriles is 1. The minimum absolute atomic E-state index is 0.374. The second-order valence-electron chi connectivity index (χ2n) is 5.92. The standard InChI is InChI=1S/C19H17N3S/c20-12-14-6-1-2-7-15(14)13-22-11-5-9-17(22)19-21-16-8-3-4-10-18(16)23-19/h1-4,6-8,10,17H,5,9,11,13H2/t17-/m1/s1. The molecule has 0 spiro atoms. The molecule has 0 saturated carbocycles. The maximum absolute atomic E-state index is 9.29. The third-order valence-electron chi connectivity index (χ3n) is 4.47. The summed E-state index contributed by atoms with van der Waals surface area (Å²) in [4.78, 5) is 7.31. The molecule has 23 heavy (non-hydrogen) atoms. The molecular weight excluding hydrogens is 302 g/mol. The van der Waals surface area contributed by atoms with E-state index in [0.717, 1.165) is 36.2 Å². The molecule has 0 radical (unpaired) electrons. The summed E-state index contributed by atoms with van der Waals surface area (Å²) in [5.41, 5.74) is 2.99. The molecule has 2 aromatic carbocycles.